The van der Waals surface area contributed by atoms with Gasteiger partial charge in [0.2, 0.25) is 0 Å². The zero-order chi connectivity index (χ0) is 32.6. The van der Waals surface area contributed by atoms with Gasteiger partial charge in [0.25, 0.3) is 0 Å². The van der Waals surface area contributed by atoms with Crippen LogP contribution in [0.5, 0.6) is 11.5 Å². The Balaban J connectivity index is 1.96. The second-order valence-electron chi connectivity index (χ2n) is 13.6. The van der Waals surface area contributed by atoms with Crippen molar-refractivity contribution in [3.05, 3.63) is 93.5 Å². The number of hydrogen-bond acceptors (Lipinski definition) is 6. The third kappa shape index (κ3) is 6.60. The number of esters is 1. The zero-order valence-electron chi connectivity index (χ0n) is 28.7. The van der Waals surface area contributed by atoms with Gasteiger partial charge in [-0.1, -0.05) is 75.4 Å². The van der Waals surface area contributed by atoms with Gasteiger partial charge in [0, 0.05) is 0 Å². The number of ether oxygens (including phenoxy) is 3. The van der Waals surface area contributed by atoms with Crippen molar-refractivity contribution in [2.45, 2.75) is 97.8 Å². The molecule has 4 rings (SSSR count). The van der Waals surface area contributed by atoms with Gasteiger partial charge in [-0.25, -0.2) is 0 Å². The normalized spacial score (nSPS) is 19.1. The van der Waals surface area contributed by atoms with E-state index in [0.717, 1.165) is 50.4 Å². The third-order valence-corrected chi connectivity index (χ3v) is 13.9. The van der Waals surface area contributed by atoms with E-state index in [9.17, 15) is 4.79 Å². The molecule has 0 aliphatic carbocycles. The van der Waals surface area contributed by atoms with Crippen molar-refractivity contribution >= 4 is 14.3 Å². The summed E-state index contributed by atoms with van der Waals surface area (Å²) in [5, 5.41) is -0.00695. The fourth-order valence-corrected chi connectivity index (χ4v) is 7.61. The highest BCUT2D eigenvalue weighted by Gasteiger charge is 2.62. The van der Waals surface area contributed by atoms with Crippen LogP contribution in [0, 0.1) is 27.7 Å². The Morgan fingerprint density at radius 1 is 0.818 bits per heavy atom. The van der Waals surface area contributed by atoms with Crippen LogP contribution in [0.2, 0.25) is 18.1 Å². The molecule has 1 unspecified atom stereocenters. The Morgan fingerprint density at radius 2 is 1.27 bits per heavy atom. The number of benzene rings is 3. The summed E-state index contributed by atoms with van der Waals surface area (Å²) in [7, 11) is 1.17. The molecule has 1 saturated heterocycles. The molecular weight excluding hydrogens is 566 g/mol. The first kappa shape index (κ1) is 33.8. The van der Waals surface area contributed by atoms with Gasteiger partial charge in [-0.05, 0) is 91.7 Å². The van der Waals surface area contributed by atoms with Gasteiger partial charge < -0.3 is 18.6 Å². The Kier molecular flexibility index (Phi) is 10.0. The van der Waals surface area contributed by atoms with Gasteiger partial charge in [0.15, 0.2) is 8.32 Å². The van der Waals surface area contributed by atoms with Crippen LogP contribution in [-0.4, -0.2) is 52.1 Å². The van der Waals surface area contributed by atoms with Crippen LogP contribution in [0.15, 0.2) is 54.6 Å². The smallest absolute Gasteiger partial charge is 0.325 e. The number of rotatable bonds is 11. The summed E-state index contributed by atoms with van der Waals surface area (Å²) in [5.41, 5.74) is 7.48. The van der Waals surface area contributed by atoms with Gasteiger partial charge in [0.05, 0.1) is 39.0 Å². The Bertz CT molecular complexity index is 1370. The molecule has 1 fully saturated rings. The van der Waals surface area contributed by atoms with Crippen LogP contribution >= 0.6 is 0 Å². The molecule has 0 aromatic heterocycles. The van der Waals surface area contributed by atoms with Gasteiger partial charge in [-0.15, -0.1) is 0 Å². The average molecular weight is 618 g/mol. The molecule has 4 atom stereocenters. The summed E-state index contributed by atoms with van der Waals surface area (Å²) < 4.78 is 24.4. The fraction of sp³-hybridized carbons (Fsp3) is 0.486. The molecule has 3 aromatic carbocycles. The zero-order valence-corrected chi connectivity index (χ0v) is 29.7. The summed E-state index contributed by atoms with van der Waals surface area (Å²) in [6.45, 7) is 21.8. The van der Waals surface area contributed by atoms with E-state index < -0.39 is 14.4 Å². The first-order chi connectivity index (χ1) is 20.7. The minimum absolute atomic E-state index is 0.00695. The largest absolute Gasteiger partial charge is 0.496 e. The Morgan fingerprint density at radius 3 is 1.66 bits per heavy atom. The number of hydrogen-bond donors (Lipinski definition) is 0. The number of aryl methyl sites for hydroxylation is 4. The van der Waals surface area contributed by atoms with E-state index in [-0.39, 0.29) is 29.2 Å². The highest BCUT2D eigenvalue weighted by Crippen LogP contribution is 2.52. The predicted octanol–water partition coefficient (Wildman–Crippen LogP) is 8.41. The van der Waals surface area contributed by atoms with Crippen LogP contribution in [0.4, 0.5) is 0 Å². The standard InChI is InChI=1S/C37H51NO5Si/c1-13-42-36(39)32-31(35(27-17-15-14-16-18-27)43-44(11,12)37(6,7)8)38(32)30(28-19-23(2)33(40-9)24(3)20-28)29-21-25(4)34(41-10)26(5)22-29/h14-22,30-32,35H,13H2,1-12H3/t31-,32+,35-,38?/m1/s1. The number of carbonyl (C=O) groups is 1. The Hall–Kier alpha value is -3.13. The first-order valence-corrected chi connectivity index (χ1v) is 18.5. The molecule has 0 spiro atoms. The van der Waals surface area contributed by atoms with E-state index in [0.29, 0.717) is 6.61 Å². The quantitative estimate of drug-likeness (QED) is 0.122. The summed E-state index contributed by atoms with van der Waals surface area (Å²) in [6, 6.07) is 18.2. The number of nitrogens with zero attached hydrogens (tertiary/aromatic N) is 1. The molecule has 7 heteroatoms. The first-order valence-electron chi connectivity index (χ1n) is 15.6. The van der Waals surface area contributed by atoms with Crippen molar-refractivity contribution in [3.63, 3.8) is 0 Å². The van der Waals surface area contributed by atoms with Crippen LogP contribution in [0.1, 0.15) is 78.8 Å². The van der Waals surface area contributed by atoms with E-state index in [1.807, 2.05) is 25.1 Å². The van der Waals surface area contributed by atoms with Crippen LogP contribution in [0.25, 0.3) is 0 Å². The number of carbonyl (C=O) groups excluding carboxylic acids is 1. The van der Waals surface area contributed by atoms with Crippen molar-refractivity contribution in [2.24, 2.45) is 0 Å². The highest BCUT2D eigenvalue weighted by atomic mass is 28.4. The number of methoxy groups -OCH3 is 2. The summed E-state index contributed by atoms with van der Waals surface area (Å²) in [4.78, 5) is 16.1. The minimum atomic E-state index is -2.25. The van der Waals surface area contributed by atoms with Gasteiger partial charge in [-0.3, -0.25) is 9.69 Å². The maximum atomic E-state index is 13.8. The Labute approximate surface area is 265 Å². The van der Waals surface area contributed by atoms with Crippen molar-refractivity contribution in [2.75, 3.05) is 20.8 Å². The van der Waals surface area contributed by atoms with E-state index in [1.165, 1.54) is 0 Å². The molecule has 0 N–H and O–H groups in total. The SMILES string of the molecule is CCOC(=O)[C@@H]1[C@H]([C@H](O[Si](C)(C)C(C)(C)C)c2ccccc2)N1C(c1cc(C)c(OC)c(C)c1)c1cc(C)c(OC)c(C)c1. The molecule has 3 aromatic rings. The van der Waals surface area contributed by atoms with Crippen LogP contribution in [0.3, 0.4) is 0 Å². The maximum Gasteiger partial charge on any atom is 0.325 e. The topological polar surface area (TPSA) is 57.0 Å². The lowest BCUT2D eigenvalue weighted by Gasteiger charge is -2.40. The minimum Gasteiger partial charge on any atom is -0.496 e. The predicted molar refractivity (Wildman–Crippen MR) is 180 cm³/mol. The maximum absolute atomic E-state index is 13.8. The van der Waals surface area contributed by atoms with E-state index in [1.54, 1.807) is 14.2 Å². The lowest BCUT2D eigenvalue weighted by Crippen LogP contribution is -2.43. The van der Waals surface area contributed by atoms with Gasteiger partial charge in [-0.2, -0.15) is 0 Å². The molecule has 238 valence electrons. The van der Waals surface area contributed by atoms with Crippen molar-refractivity contribution < 1.29 is 23.4 Å². The fourth-order valence-electron chi connectivity index (χ4n) is 6.35. The van der Waals surface area contributed by atoms with Crippen molar-refractivity contribution in [3.8, 4) is 11.5 Å². The van der Waals surface area contributed by atoms with Crippen LogP contribution < -0.4 is 9.47 Å². The van der Waals surface area contributed by atoms with Gasteiger partial charge in [0.1, 0.15) is 17.5 Å². The molecule has 44 heavy (non-hydrogen) atoms. The van der Waals surface area contributed by atoms with Crippen molar-refractivity contribution in [1.82, 2.24) is 4.90 Å². The molecule has 0 radical (unpaired) electrons. The molecule has 0 bridgehead atoms. The second-order valence-corrected chi connectivity index (χ2v) is 18.4. The molecular formula is C37H51NO5Si. The lowest BCUT2D eigenvalue weighted by molar-refractivity contribution is -0.143. The molecule has 1 heterocycles. The van der Waals surface area contributed by atoms with E-state index >= 15 is 0 Å². The monoisotopic (exact) mass is 617 g/mol. The molecule has 0 amide bonds. The molecule has 0 saturated carbocycles. The highest BCUT2D eigenvalue weighted by molar-refractivity contribution is 6.74. The molecule has 6 nitrogen and oxygen atoms in total. The molecule has 1 aliphatic rings. The van der Waals surface area contributed by atoms with Crippen LogP contribution in [-0.2, 0) is 14.0 Å². The van der Waals surface area contributed by atoms with E-state index in [4.69, 9.17) is 18.6 Å². The third-order valence-electron chi connectivity index (χ3n) is 9.40. The summed E-state index contributed by atoms with van der Waals surface area (Å²) in [5.74, 6) is 1.54. The summed E-state index contributed by atoms with van der Waals surface area (Å²) >= 11 is 0. The second kappa shape index (κ2) is 13.1. The summed E-state index contributed by atoms with van der Waals surface area (Å²) in [6.07, 6.45) is -0.310. The average Bonchev–Trinajstić information content (AvgIpc) is 3.66. The lowest BCUT2D eigenvalue weighted by atomic mass is 9.92. The molecule has 1 aliphatic heterocycles. The van der Waals surface area contributed by atoms with E-state index in [2.05, 4.69) is 103 Å². The van der Waals surface area contributed by atoms with Gasteiger partial charge >= 0.3 is 5.97 Å². The van der Waals surface area contributed by atoms with Crippen molar-refractivity contribution in [1.29, 1.82) is 0 Å².